The minimum atomic E-state index is -0.777. The summed E-state index contributed by atoms with van der Waals surface area (Å²) in [6, 6.07) is -0.160. The van der Waals surface area contributed by atoms with E-state index < -0.39 is 11.9 Å². The molecule has 2 aliphatic rings. The molecular weight excluding hydrogens is 268 g/mol. The van der Waals surface area contributed by atoms with Gasteiger partial charge in [-0.25, -0.2) is 4.79 Å². The van der Waals surface area contributed by atoms with Crippen molar-refractivity contribution in [3.8, 4) is 0 Å². The second-order valence-corrected chi connectivity index (χ2v) is 6.83. The quantitative estimate of drug-likeness (QED) is 0.766. The topological polar surface area (TPSA) is 69.6 Å². The predicted molar refractivity (Wildman–Crippen MR) is 81.1 cm³/mol. The maximum absolute atomic E-state index is 12.5. The van der Waals surface area contributed by atoms with Gasteiger partial charge in [0.15, 0.2) is 0 Å². The molecule has 2 N–H and O–H groups in total. The summed E-state index contributed by atoms with van der Waals surface area (Å²) in [6.45, 7) is 4.83. The average Bonchev–Trinajstić information content (AvgIpc) is 3.22. The summed E-state index contributed by atoms with van der Waals surface area (Å²) >= 11 is 0. The third-order valence-electron chi connectivity index (χ3n) is 4.68. The summed E-state index contributed by atoms with van der Waals surface area (Å²) in [6.07, 6.45) is 6.86. The number of carbonyl (C=O) groups is 2. The summed E-state index contributed by atoms with van der Waals surface area (Å²) in [4.78, 5) is 25.8. The lowest BCUT2D eigenvalue weighted by atomic mass is 9.95. The van der Waals surface area contributed by atoms with Gasteiger partial charge in [-0.3, -0.25) is 4.79 Å². The van der Waals surface area contributed by atoms with Crippen molar-refractivity contribution in [3.63, 3.8) is 0 Å². The first-order valence-corrected chi connectivity index (χ1v) is 8.29. The van der Waals surface area contributed by atoms with E-state index in [0.717, 1.165) is 32.2 Å². The summed E-state index contributed by atoms with van der Waals surface area (Å²) in [5, 5.41) is 12.4. The highest BCUT2D eigenvalue weighted by Gasteiger charge is 2.33. The molecule has 0 aliphatic heterocycles. The van der Waals surface area contributed by atoms with Crippen LogP contribution in [0.1, 0.15) is 58.8 Å². The molecule has 0 aromatic rings. The van der Waals surface area contributed by atoms with Crippen molar-refractivity contribution in [1.82, 2.24) is 10.2 Å². The van der Waals surface area contributed by atoms with Gasteiger partial charge in [-0.15, -0.1) is 0 Å². The second-order valence-electron chi connectivity index (χ2n) is 6.83. The first kappa shape index (κ1) is 16.1. The molecule has 0 spiro atoms. The summed E-state index contributed by atoms with van der Waals surface area (Å²) in [5.74, 6) is -0.575. The molecular formula is C16H28N2O3. The molecule has 120 valence electrons. The van der Waals surface area contributed by atoms with Crippen molar-refractivity contribution in [2.45, 2.75) is 70.9 Å². The Hall–Kier alpha value is -1.26. The van der Waals surface area contributed by atoms with E-state index in [0.29, 0.717) is 12.3 Å². The molecule has 2 aliphatic carbocycles. The number of rotatable bonds is 5. The van der Waals surface area contributed by atoms with E-state index in [-0.39, 0.29) is 18.1 Å². The van der Waals surface area contributed by atoms with Gasteiger partial charge in [0.2, 0.25) is 0 Å². The third-order valence-corrected chi connectivity index (χ3v) is 4.68. The Bertz CT molecular complexity index is 380. The molecule has 2 fully saturated rings. The largest absolute Gasteiger partial charge is 0.481 e. The van der Waals surface area contributed by atoms with Crippen molar-refractivity contribution < 1.29 is 14.7 Å². The maximum atomic E-state index is 12.5. The summed E-state index contributed by atoms with van der Waals surface area (Å²) < 4.78 is 0. The van der Waals surface area contributed by atoms with Crippen LogP contribution in [0.5, 0.6) is 0 Å². The van der Waals surface area contributed by atoms with Gasteiger partial charge < -0.3 is 15.3 Å². The van der Waals surface area contributed by atoms with Crippen LogP contribution in [-0.4, -0.2) is 40.6 Å². The molecule has 0 aromatic heterocycles. The lowest BCUT2D eigenvalue weighted by Gasteiger charge is -2.31. The molecule has 2 atom stereocenters. The van der Waals surface area contributed by atoms with Crippen molar-refractivity contribution >= 4 is 12.0 Å². The van der Waals surface area contributed by atoms with Crippen LogP contribution >= 0.6 is 0 Å². The number of carboxylic acid groups (broad SMARTS) is 1. The Morgan fingerprint density at radius 3 is 2.38 bits per heavy atom. The SMILES string of the molecule is CC(C)N(CC1CC1)C(=O)NC1CCCCCC1C(=O)O. The van der Waals surface area contributed by atoms with Gasteiger partial charge in [0.05, 0.1) is 5.92 Å². The number of hydrogen-bond acceptors (Lipinski definition) is 2. The van der Waals surface area contributed by atoms with Crippen LogP contribution in [0.15, 0.2) is 0 Å². The van der Waals surface area contributed by atoms with E-state index in [9.17, 15) is 14.7 Å². The Morgan fingerprint density at radius 2 is 1.81 bits per heavy atom. The molecule has 2 rings (SSSR count). The first-order chi connectivity index (χ1) is 9.99. The minimum Gasteiger partial charge on any atom is -0.481 e. The van der Waals surface area contributed by atoms with Gasteiger partial charge in [0.25, 0.3) is 0 Å². The van der Waals surface area contributed by atoms with Gasteiger partial charge in [-0.2, -0.15) is 0 Å². The second kappa shape index (κ2) is 7.14. The first-order valence-electron chi connectivity index (χ1n) is 8.29. The van der Waals surface area contributed by atoms with Crippen LogP contribution in [0, 0.1) is 11.8 Å². The highest BCUT2D eigenvalue weighted by molar-refractivity contribution is 5.77. The van der Waals surface area contributed by atoms with Gasteiger partial charge in [0, 0.05) is 18.6 Å². The lowest BCUT2D eigenvalue weighted by molar-refractivity contribution is -0.142. The number of urea groups is 1. The molecule has 0 radical (unpaired) electrons. The molecule has 0 saturated heterocycles. The molecule has 2 saturated carbocycles. The Kier molecular flexibility index (Phi) is 5.48. The molecule has 21 heavy (non-hydrogen) atoms. The fraction of sp³-hybridized carbons (Fsp3) is 0.875. The lowest BCUT2D eigenvalue weighted by Crippen LogP contribution is -2.51. The normalized spacial score (nSPS) is 26.2. The molecule has 0 heterocycles. The molecule has 2 unspecified atom stereocenters. The van der Waals surface area contributed by atoms with E-state index in [2.05, 4.69) is 5.32 Å². The zero-order valence-electron chi connectivity index (χ0n) is 13.2. The van der Waals surface area contributed by atoms with E-state index >= 15 is 0 Å². The number of amides is 2. The molecule has 5 heteroatoms. The van der Waals surface area contributed by atoms with Gasteiger partial charge in [-0.1, -0.05) is 19.3 Å². The van der Waals surface area contributed by atoms with Crippen molar-refractivity contribution in [2.24, 2.45) is 11.8 Å². The number of carboxylic acids is 1. The van der Waals surface area contributed by atoms with Gasteiger partial charge in [-0.05, 0) is 45.4 Å². The van der Waals surface area contributed by atoms with Crippen molar-refractivity contribution in [1.29, 1.82) is 0 Å². The number of hydrogen-bond donors (Lipinski definition) is 2. The van der Waals surface area contributed by atoms with E-state index in [1.165, 1.54) is 12.8 Å². The van der Waals surface area contributed by atoms with Crippen LogP contribution in [0.3, 0.4) is 0 Å². The molecule has 2 amide bonds. The number of nitrogens with one attached hydrogen (secondary N) is 1. The molecule has 0 bridgehead atoms. The highest BCUT2D eigenvalue weighted by Crippen LogP contribution is 2.30. The Balaban J connectivity index is 1.98. The summed E-state index contributed by atoms with van der Waals surface area (Å²) in [5.41, 5.74) is 0. The predicted octanol–water partition coefficient (Wildman–Crippen LogP) is 2.85. The Labute approximate surface area is 127 Å². The number of carbonyl (C=O) groups excluding carboxylic acids is 1. The van der Waals surface area contributed by atoms with E-state index in [1.54, 1.807) is 0 Å². The molecule has 5 nitrogen and oxygen atoms in total. The van der Waals surface area contributed by atoms with Crippen LogP contribution in [0.25, 0.3) is 0 Å². The van der Waals surface area contributed by atoms with Crippen molar-refractivity contribution in [3.05, 3.63) is 0 Å². The number of nitrogens with zero attached hydrogens (tertiary/aromatic N) is 1. The van der Waals surface area contributed by atoms with Crippen LogP contribution < -0.4 is 5.32 Å². The zero-order chi connectivity index (χ0) is 15.4. The fourth-order valence-electron chi connectivity index (χ4n) is 3.12. The summed E-state index contributed by atoms with van der Waals surface area (Å²) in [7, 11) is 0. The van der Waals surface area contributed by atoms with Crippen LogP contribution in [-0.2, 0) is 4.79 Å². The monoisotopic (exact) mass is 296 g/mol. The van der Waals surface area contributed by atoms with Crippen LogP contribution in [0.2, 0.25) is 0 Å². The van der Waals surface area contributed by atoms with Crippen molar-refractivity contribution in [2.75, 3.05) is 6.54 Å². The fourth-order valence-corrected chi connectivity index (χ4v) is 3.12. The smallest absolute Gasteiger partial charge is 0.317 e. The Morgan fingerprint density at radius 1 is 1.14 bits per heavy atom. The third kappa shape index (κ3) is 4.61. The standard InChI is InChI=1S/C16H28N2O3/c1-11(2)18(10-12-8-9-12)16(21)17-14-7-5-3-4-6-13(14)15(19)20/h11-14H,3-10H2,1-2H3,(H,17,21)(H,19,20). The maximum Gasteiger partial charge on any atom is 0.317 e. The number of aliphatic carboxylic acids is 1. The van der Waals surface area contributed by atoms with E-state index in [1.807, 2.05) is 18.7 Å². The van der Waals surface area contributed by atoms with Gasteiger partial charge >= 0.3 is 12.0 Å². The molecule has 0 aromatic carbocycles. The average molecular weight is 296 g/mol. The highest BCUT2D eigenvalue weighted by atomic mass is 16.4. The zero-order valence-corrected chi connectivity index (χ0v) is 13.2. The van der Waals surface area contributed by atoms with Crippen LogP contribution in [0.4, 0.5) is 4.79 Å². The van der Waals surface area contributed by atoms with Gasteiger partial charge in [0.1, 0.15) is 0 Å². The van der Waals surface area contributed by atoms with E-state index in [4.69, 9.17) is 0 Å². The minimum absolute atomic E-state index is 0.0879.